The Morgan fingerprint density at radius 2 is 1.10 bits per heavy atom. The normalized spacial score (nSPS) is 10.9. The molecule has 0 atom stereocenters. The van der Waals surface area contributed by atoms with E-state index in [0.29, 0.717) is 43.2 Å². The second-order valence-corrected chi connectivity index (χ2v) is 13.5. The second kappa shape index (κ2) is 21.0. The molecule has 0 unspecified atom stereocenters. The summed E-state index contributed by atoms with van der Waals surface area (Å²) >= 11 is 0. The average molecular weight is 793 g/mol. The maximum Gasteiger partial charge on any atom is 0.338 e. The van der Waals surface area contributed by atoms with Gasteiger partial charge in [0.1, 0.15) is 23.9 Å². The fraction of sp³-hybridized carbons (Fsp3) is 0.188. The van der Waals surface area contributed by atoms with Crippen LogP contribution in [0, 0.1) is 0 Å². The monoisotopic (exact) mass is 792 g/mol. The van der Waals surface area contributed by atoms with Crippen LogP contribution in [-0.2, 0) is 26.5 Å². The van der Waals surface area contributed by atoms with Gasteiger partial charge in [0.05, 0.1) is 18.2 Å². The van der Waals surface area contributed by atoms with Crippen molar-refractivity contribution in [3.63, 3.8) is 0 Å². The lowest BCUT2D eigenvalue weighted by atomic mass is 9.77. The molecule has 0 heterocycles. The molecule has 0 spiro atoms. The fourth-order valence-corrected chi connectivity index (χ4v) is 6.60. The number of nitrogens with one attached hydrogen (secondary N) is 3. The molecule has 0 fully saturated rings. The summed E-state index contributed by atoms with van der Waals surface area (Å²) < 4.78 is 22.7. The highest BCUT2D eigenvalue weighted by atomic mass is 16.5. The van der Waals surface area contributed by atoms with Crippen molar-refractivity contribution in [2.24, 2.45) is 5.73 Å². The first-order chi connectivity index (χ1) is 28.9. The maximum absolute atomic E-state index is 13.3. The van der Waals surface area contributed by atoms with E-state index in [0.717, 1.165) is 33.6 Å². The minimum absolute atomic E-state index is 0.0930. The second-order valence-electron chi connectivity index (χ2n) is 13.5. The lowest BCUT2D eigenvalue weighted by Crippen LogP contribution is -2.47. The average Bonchev–Trinajstić information content (AvgIpc) is 3.30. The van der Waals surface area contributed by atoms with Crippen LogP contribution in [0.1, 0.15) is 32.6 Å². The number of ether oxygens (including phenoxy) is 4. The van der Waals surface area contributed by atoms with E-state index in [1.807, 2.05) is 103 Å². The Kier molecular flexibility index (Phi) is 14.8. The molecule has 0 radical (unpaired) electrons. The number of nitrogens with two attached hydrogens (primary N) is 1. The lowest BCUT2D eigenvalue weighted by Gasteiger charge is -2.37. The van der Waals surface area contributed by atoms with E-state index in [1.165, 1.54) is 0 Å². The van der Waals surface area contributed by atoms with Gasteiger partial charge in [-0.3, -0.25) is 14.9 Å². The van der Waals surface area contributed by atoms with E-state index in [2.05, 4.69) is 40.2 Å². The molecule has 11 heteroatoms. The van der Waals surface area contributed by atoms with Gasteiger partial charge in [-0.05, 0) is 75.8 Å². The lowest BCUT2D eigenvalue weighted by molar-refractivity contribution is -0.123. The highest BCUT2D eigenvalue weighted by Crippen LogP contribution is 2.37. The molecule has 5 N–H and O–H groups in total. The molecule has 2 amide bonds. The van der Waals surface area contributed by atoms with Gasteiger partial charge >= 0.3 is 5.97 Å². The van der Waals surface area contributed by atoms with Crippen LogP contribution in [0.4, 0.5) is 0 Å². The van der Waals surface area contributed by atoms with Gasteiger partial charge in [0, 0.05) is 26.2 Å². The maximum atomic E-state index is 13.3. The van der Waals surface area contributed by atoms with Crippen LogP contribution in [0.5, 0.6) is 17.2 Å². The van der Waals surface area contributed by atoms with E-state index in [-0.39, 0.29) is 37.2 Å². The Bertz CT molecular complexity index is 2210. The third kappa shape index (κ3) is 11.3. The van der Waals surface area contributed by atoms with Gasteiger partial charge in [0.2, 0.25) is 0 Å². The molecule has 6 aromatic rings. The first-order valence-corrected chi connectivity index (χ1v) is 19.3. The van der Waals surface area contributed by atoms with Crippen molar-refractivity contribution in [2.45, 2.75) is 12.1 Å². The summed E-state index contributed by atoms with van der Waals surface area (Å²) in [5.74, 6) is 0.401. The smallest absolute Gasteiger partial charge is 0.338 e. The van der Waals surface area contributed by atoms with E-state index >= 15 is 0 Å². The predicted octanol–water partition coefficient (Wildman–Crippen LogP) is 6.25. The highest BCUT2D eigenvalue weighted by Gasteiger charge is 2.35. The first kappa shape index (κ1) is 41.7. The standard InChI is InChI=1S/C48H48N4O7/c1-56-42-23-19-41(20-24-42)48(39-13-7-3-8-14-39,40-15-9-4-10-16-40)52-28-27-51-46(54)34-58-44-30-37(29-38(31-44)47(55)59-32-35-11-5-2-6-12-35)36-17-21-43(22-18-36)57-33-45(53)50-26-25-49/h2-24,29-31,52H,25-28,32-34,49H2,1H3,(H,50,53)(H,51,54). The number of methoxy groups -OCH3 is 1. The number of esters is 1. The molecule has 0 aliphatic heterocycles. The Labute approximate surface area is 344 Å². The van der Waals surface area contributed by atoms with Crippen LogP contribution >= 0.6 is 0 Å². The first-order valence-electron chi connectivity index (χ1n) is 19.3. The Morgan fingerprint density at radius 3 is 1.69 bits per heavy atom. The summed E-state index contributed by atoms with van der Waals surface area (Å²) in [6, 6.07) is 49.8. The van der Waals surface area contributed by atoms with Crippen LogP contribution in [0.3, 0.4) is 0 Å². The van der Waals surface area contributed by atoms with E-state index in [9.17, 15) is 14.4 Å². The van der Waals surface area contributed by atoms with E-state index in [1.54, 1.807) is 37.4 Å². The molecule has 6 aromatic carbocycles. The summed E-state index contributed by atoms with van der Waals surface area (Å²) in [5, 5.41) is 9.40. The van der Waals surface area contributed by atoms with Crippen LogP contribution in [0.15, 0.2) is 158 Å². The van der Waals surface area contributed by atoms with Crippen molar-refractivity contribution >= 4 is 17.8 Å². The molecule has 59 heavy (non-hydrogen) atoms. The number of carbonyl (C=O) groups excluding carboxylic acids is 3. The molecule has 0 bridgehead atoms. The molecule has 0 aliphatic rings. The molecule has 0 saturated heterocycles. The molecule has 0 saturated carbocycles. The predicted molar refractivity (Wildman–Crippen MR) is 227 cm³/mol. The third-order valence-electron chi connectivity index (χ3n) is 9.52. The summed E-state index contributed by atoms with van der Waals surface area (Å²) in [6.45, 7) is 1.08. The summed E-state index contributed by atoms with van der Waals surface area (Å²) in [4.78, 5) is 38.5. The van der Waals surface area contributed by atoms with Crippen LogP contribution in [0.25, 0.3) is 11.1 Å². The molecular weight excluding hydrogens is 745 g/mol. The number of benzene rings is 6. The fourth-order valence-electron chi connectivity index (χ4n) is 6.60. The number of rotatable bonds is 20. The van der Waals surface area contributed by atoms with Gasteiger partial charge in [0.25, 0.3) is 11.8 Å². The number of carbonyl (C=O) groups is 3. The zero-order valence-electron chi connectivity index (χ0n) is 32.9. The molecule has 302 valence electrons. The van der Waals surface area contributed by atoms with Crippen molar-refractivity contribution in [3.05, 3.63) is 186 Å². The topological polar surface area (TPSA) is 150 Å². The molecular formula is C48H48N4O7. The molecule has 0 aromatic heterocycles. The SMILES string of the molecule is COc1ccc(C(NCCNC(=O)COc2cc(C(=O)OCc3ccccc3)cc(-c3ccc(OCC(=O)NCCN)cc3)c2)(c2ccccc2)c2ccccc2)cc1. The van der Waals surface area contributed by atoms with E-state index < -0.39 is 11.5 Å². The van der Waals surface area contributed by atoms with Gasteiger partial charge in [-0.2, -0.15) is 0 Å². The Hall–Kier alpha value is -6.95. The van der Waals surface area contributed by atoms with Gasteiger partial charge in [-0.1, -0.05) is 115 Å². The summed E-state index contributed by atoms with van der Waals surface area (Å²) in [5.41, 5.74) is 10.3. The number of amides is 2. The summed E-state index contributed by atoms with van der Waals surface area (Å²) in [6.07, 6.45) is 0. The van der Waals surface area contributed by atoms with Crippen molar-refractivity contribution < 1.29 is 33.3 Å². The van der Waals surface area contributed by atoms with Gasteiger partial charge in [0.15, 0.2) is 13.2 Å². The van der Waals surface area contributed by atoms with Crippen LogP contribution < -0.4 is 35.9 Å². The van der Waals surface area contributed by atoms with Crippen molar-refractivity contribution in [2.75, 3.05) is 46.5 Å². The Morgan fingerprint density at radius 1 is 0.559 bits per heavy atom. The Balaban J connectivity index is 1.14. The van der Waals surface area contributed by atoms with Gasteiger partial charge in [-0.25, -0.2) is 4.79 Å². The largest absolute Gasteiger partial charge is 0.497 e. The van der Waals surface area contributed by atoms with Gasteiger partial charge in [-0.15, -0.1) is 0 Å². The quantitative estimate of drug-likeness (QED) is 0.0400. The van der Waals surface area contributed by atoms with Crippen molar-refractivity contribution in [1.82, 2.24) is 16.0 Å². The number of hydrogen-bond donors (Lipinski definition) is 4. The minimum Gasteiger partial charge on any atom is -0.497 e. The molecule has 0 aliphatic carbocycles. The van der Waals surface area contributed by atoms with Crippen LogP contribution in [0.2, 0.25) is 0 Å². The van der Waals surface area contributed by atoms with Crippen LogP contribution in [-0.4, -0.2) is 64.3 Å². The third-order valence-corrected chi connectivity index (χ3v) is 9.52. The van der Waals surface area contributed by atoms with Gasteiger partial charge < -0.3 is 35.3 Å². The van der Waals surface area contributed by atoms with Crippen molar-refractivity contribution in [1.29, 1.82) is 0 Å². The zero-order chi connectivity index (χ0) is 41.3. The zero-order valence-corrected chi connectivity index (χ0v) is 32.9. The molecule has 6 rings (SSSR count). The molecule has 11 nitrogen and oxygen atoms in total. The number of hydrogen-bond acceptors (Lipinski definition) is 9. The van der Waals surface area contributed by atoms with E-state index in [4.69, 9.17) is 24.7 Å². The van der Waals surface area contributed by atoms with Crippen molar-refractivity contribution in [3.8, 4) is 28.4 Å². The minimum atomic E-state index is -0.731. The summed E-state index contributed by atoms with van der Waals surface area (Å²) in [7, 11) is 1.64. The highest BCUT2D eigenvalue weighted by molar-refractivity contribution is 5.92.